The van der Waals surface area contributed by atoms with Crippen LogP contribution in [0.25, 0.3) is 0 Å². The maximum absolute atomic E-state index is 14.8. The summed E-state index contributed by atoms with van der Waals surface area (Å²) in [7, 11) is 0. The van der Waals surface area contributed by atoms with Crippen molar-refractivity contribution in [3.63, 3.8) is 0 Å². The van der Waals surface area contributed by atoms with E-state index in [1.54, 1.807) is 39.8 Å². The van der Waals surface area contributed by atoms with Gasteiger partial charge in [-0.05, 0) is 72.2 Å². The fraction of sp³-hybridized carbons (Fsp3) is 0.521. The number of amides is 11. The minimum atomic E-state index is -1.80. The molecule has 0 spiro atoms. The Morgan fingerprint density at radius 3 is 2.00 bits per heavy atom. The van der Waals surface area contributed by atoms with E-state index >= 15 is 0 Å². The molecule has 0 aromatic heterocycles. The highest BCUT2D eigenvalue weighted by molar-refractivity contribution is 7.99. The lowest BCUT2D eigenvalue weighted by Gasteiger charge is -2.30. The summed E-state index contributed by atoms with van der Waals surface area (Å²) in [4.78, 5) is 148. The van der Waals surface area contributed by atoms with Crippen LogP contribution in [0.2, 0.25) is 0 Å². The Morgan fingerprint density at radius 2 is 1.40 bits per heavy atom. The first-order chi connectivity index (χ1) is 34.4. The van der Waals surface area contributed by atoms with E-state index in [2.05, 4.69) is 37.2 Å². The Morgan fingerprint density at radius 1 is 0.781 bits per heavy atom. The third-order valence-electron chi connectivity index (χ3n) is 11.5. The van der Waals surface area contributed by atoms with Crippen LogP contribution in [-0.4, -0.2) is 136 Å². The summed E-state index contributed by atoms with van der Waals surface area (Å²) in [5, 5.41) is 27.7. The van der Waals surface area contributed by atoms with Crippen molar-refractivity contribution in [1.82, 2.24) is 42.1 Å². The first-order valence-electron chi connectivity index (χ1n) is 23.8. The molecule has 0 saturated carbocycles. The van der Waals surface area contributed by atoms with Crippen LogP contribution in [0.15, 0.2) is 48.5 Å². The van der Waals surface area contributed by atoms with E-state index in [-0.39, 0.29) is 55.4 Å². The minimum absolute atomic E-state index is 0.0409. The number of primary amides is 3. The number of carbonyl (C=O) groups excluding carboxylic acids is 11. The summed E-state index contributed by atoms with van der Waals surface area (Å²) < 4.78 is 14.0. The number of thioether (sulfide) groups is 1. The van der Waals surface area contributed by atoms with Gasteiger partial charge in [0.05, 0.1) is 19.5 Å². The van der Waals surface area contributed by atoms with E-state index in [0.29, 0.717) is 17.5 Å². The number of hydrogen-bond acceptors (Lipinski definition) is 13. The third-order valence-corrected chi connectivity index (χ3v) is 12.6. The van der Waals surface area contributed by atoms with Crippen molar-refractivity contribution in [2.75, 3.05) is 24.6 Å². The molecule has 14 N–H and O–H groups in total. The number of hydrogen-bond donors (Lipinski definition) is 11. The number of rotatable bonds is 20. The van der Waals surface area contributed by atoms with Crippen LogP contribution in [0.3, 0.4) is 0 Å². The van der Waals surface area contributed by atoms with E-state index in [9.17, 15) is 62.2 Å². The Hall–Kier alpha value is -7.31. The molecule has 1 aliphatic rings. The molecule has 1 fully saturated rings. The van der Waals surface area contributed by atoms with Crippen molar-refractivity contribution in [1.29, 1.82) is 0 Å². The average Bonchev–Trinajstić information content (AvgIpc) is 3.32. The SMILES string of the molecule is CC[C@H](C)[C@@H]1NC(=O)[C@H](Cc2ccc(O)cc2)NC(=O)CCCSC[C@@H](C(=O)N(CC(=O)N[C@@H](CC(C)C)C(=O)NCC(N)=O)Cc2ccc(F)cc2)NC(=O)[C@H](CC(N)=O)NC(=O)[C@H](CCC(N)=O)NC1=O. The highest BCUT2D eigenvalue weighted by Gasteiger charge is 2.36. The van der Waals surface area contributed by atoms with Gasteiger partial charge < -0.3 is 64.4 Å². The van der Waals surface area contributed by atoms with Gasteiger partial charge in [-0.3, -0.25) is 52.7 Å². The number of nitrogens with two attached hydrogens (primary N) is 3. The van der Waals surface area contributed by atoms with Gasteiger partial charge in [0.2, 0.25) is 65.0 Å². The van der Waals surface area contributed by atoms with Gasteiger partial charge in [-0.15, -0.1) is 0 Å². The molecule has 73 heavy (non-hydrogen) atoms. The molecule has 0 bridgehead atoms. The van der Waals surface area contributed by atoms with Gasteiger partial charge in [0.1, 0.15) is 47.8 Å². The smallest absolute Gasteiger partial charge is 0.246 e. The zero-order chi connectivity index (χ0) is 54.4. The zero-order valence-corrected chi connectivity index (χ0v) is 42.1. The molecule has 2 aromatic rings. The lowest BCUT2D eigenvalue weighted by Crippen LogP contribution is -2.61. The van der Waals surface area contributed by atoms with E-state index in [0.717, 1.165) is 28.8 Å². The number of aromatic hydroxyl groups is 1. The lowest BCUT2D eigenvalue weighted by molar-refractivity contribution is -0.141. The van der Waals surface area contributed by atoms with Crippen LogP contribution in [0, 0.1) is 17.7 Å². The Labute approximate surface area is 426 Å². The number of nitrogens with one attached hydrogen (secondary N) is 7. The van der Waals surface area contributed by atoms with E-state index in [1.807, 2.05) is 0 Å². The quantitative estimate of drug-likeness (QED) is 0.0711. The summed E-state index contributed by atoms with van der Waals surface area (Å²) in [5.41, 5.74) is 17.0. The largest absolute Gasteiger partial charge is 0.508 e. The molecule has 1 heterocycles. The van der Waals surface area contributed by atoms with Crippen LogP contribution in [0.5, 0.6) is 5.75 Å². The normalized spacial score (nSPS) is 20.4. The maximum Gasteiger partial charge on any atom is 0.246 e. The van der Waals surface area contributed by atoms with E-state index < -0.39 is 145 Å². The molecule has 11 amide bonds. The molecule has 7 atom stereocenters. The Bertz CT molecular complexity index is 2290. The van der Waals surface area contributed by atoms with E-state index in [1.165, 1.54) is 24.3 Å². The number of halogens is 1. The van der Waals surface area contributed by atoms with Gasteiger partial charge in [-0.25, -0.2) is 4.39 Å². The fourth-order valence-corrected chi connectivity index (χ4v) is 8.41. The zero-order valence-electron chi connectivity index (χ0n) is 41.3. The van der Waals surface area contributed by atoms with Crippen molar-refractivity contribution in [2.45, 2.75) is 122 Å². The molecule has 3 rings (SSSR count). The van der Waals surface area contributed by atoms with Crippen molar-refractivity contribution < 1.29 is 62.2 Å². The first kappa shape index (κ1) is 60.0. The van der Waals surface area contributed by atoms with Crippen LogP contribution in [0.1, 0.15) is 83.8 Å². The van der Waals surface area contributed by atoms with Crippen LogP contribution < -0.4 is 54.4 Å². The van der Waals surface area contributed by atoms with Crippen molar-refractivity contribution in [2.24, 2.45) is 29.0 Å². The van der Waals surface area contributed by atoms with Crippen molar-refractivity contribution in [3.05, 3.63) is 65.5 Å². The second-order valence-corrected chi connectivity index (χ2v) is 19.3. The lowest BCUT2D eigenvalue weighted by atomic mass is 9.96. The van der Waals surface area contributed by atoms with Gasteiger partial charge >= 0.3 is 0 Å². The molecular weight excluding hydrogens is 974 g/mol. The number of phenols is 1. The minimum Gasteiger partial charge on any atom is -0.508 e. The predicted octanol–water partition coefficient (Wildman–Crippen LogP) is -1.63. The molecule has 25 heteroatoms. The fourth-order valence-electron chi connectivity index (χ4n) is 7.44. The Kier molecular flexibility index (Phi) is 24.6. The number of benzene rings is 2. The van der Waals surface area contributed by atoms with Gasteiger partial charge in [-0.2, -0.15) is 11.8 Å². The summed E-state index contributed by atoms with van der Waals surface area (Å²) >= 11 is 1.10. The first-order valence-corrected chi connectivity index (χ1v) is 24.9. The topological polar surface area (TPSA) is 374 Å². The number of phenolic OH excluding ortho intramolecular Hbond substituents is 1. The third kappa shape index (κ3) is 21.5. The number of carbonyl (C=O) groups is 11. The van der Waals surface area contributed by atoms with Crippen molar-refractivity contribution in [3.8, 4) is 5.75 Å². The van der Waals surface area contributed by atoms with Gasteiger partial charge in [0.15, 0.2) is 0 Å². The van der Waals surface area contributed by atoms with Gasteiger partial charge in [0.25, 0.3) is 0 Å². The molecule has 1 aliphatic heterocycles. The molecule has 1 saturated heterocycles. The molecule has 0 radical (unpaired) electrons. The summed E-state index contributed by atoms with van der Waals surface area (Å²) in [6, 6.07) is 2.14. The molecule has 2 aromatic carbocycles. The van der Waals surface area contributed by atoms with Crippen LogP contribution >= 0.6 is 11.8 Å². The van der Waals surface area contributed by atoms with Gasteiger partial charge in [0, 0.05) is 31.6 Å². The standard InChI is InChI=1S/C48H68FN11O12S/c1-5-27(4)42-47(71)56-32(16-17-37(50)62)44(68)57-35(21-38(51)63)45(69)58-36(25-73-18-6-7-40(65)54-34(46(70)59-42)20-28-10-14-31(61)15-11-28)48(72)60(23-29-8-12-30(49)13-9-29)24-41(66)55-33(19-26(2)3)43(67)53-22-39(52)64/h8-15,26-27,32-36,42,61H,5-7,16-25H2,1-4H3,(H2,50,62)(H2,51,63)(H2,52,64)(H,53,67)(H,54,65)(H,55,66)(H,56,71)(H,57,68)(H,58,69)(H,59,70)/t27-,32-,33-,34-,35-,36-,42-/m0/s1. The average molecular weight is 1040 g/mol. The molecule has 0 unspecified atom stereocenters. The molecular formula is C48H68FN11O12S. The number of nitrogens with zero attached hydrogens (tertiary/aromatic N) is 1. The second-order valence-electron chi connectivity index (χ2n) is 18.2. The summed E-state index contributed by atoms with van der Waals surface area (Å²) in [6.45, 7) is 5.37. The van der Waals surface area contributed by atoms with Crippen LogP contribution in [-0.2, 0) is 65.7 Å². The van der Waals surface area contributed by atoms with Crippen molar-refractivity contribution >= 4 is 76.7 Å². The second kappa shape index (κ2) is 29.9. The Balaban J connectivity index is 2.11. The maximum atomic E-state index is 14.8. The summed E-state index contributed by atoms with van der Waals surface area (Å²) in [5.74, 6) is -11.1. The van der Waals surface area contributed by atoms with Crippen LogP contribution in [0.4, 0.5) is 4.39 Å². The molecule has 0 aliphatic carbocycles. The van der Waals surface area contributed by atoms with E-state index in [4.69, 9.17) is 17.2 Å². The summed E-state index contributed by atoms with van der Waals surface area (Å²) in [6.07, 6.45) is -1.28. The highest BCUT2D eigenvalue weighted by atomic mass is 32.2. The molecule has 400 valence electrons. The highest BCUT2D eigenvalue weighted by Crippen LogP contribution is 2.17. The monoisotopic (exact) mass is 1040 g/mol. The van der Waals surface area contributed by atoms with Gasteiger partial charge in [-0.1, -0.05) is 58.4 Å². The molecule has 23 nitrogen and oxygen atoms in total. The predicted molar refractivity (Wildman–Crippen MR) is 265 cm³/mol.